The molecule has 4 nitrogen and oxygen atoms in total. The highest BCUT2D eigenvalue weighted by molar-refractivity contribution is 5.72. The average molecular weight is 243 g/mol. The van der Waals surface area contributed by atoms with E-state index < -0.39 is 5.60 Å². The highest BCUT2D eigenvalue weighted by atomic mass is 16.6. The number of aliphatic hydroxyl groups is 1. The zero-order valence-corrected chi connectivity index (χ0v) is 11.2. The van der Waals surface area contributed by atoms with Crippen LogP contribution in [0.1, 0.15) is 46.5 Å². The van der Waals surface area contributed by atoms with Crippen molar-refractivity contribution in [1.29, 1.82) is 0 Å². The van der Waals surface area contributed by atoms with Crippen LogP contribution >= 0.6 is 0 Å². The minimum absolute atomic E-state index is 0.114. The number of nitrogens with one attached hydrogen (secondary N) is 1. The summed E-state index contributed by atoms with van der Waals surface area (Å²) in [5.74, 6) is 0.384. The van der Waals surface area contributed by atoms with Crippen LogP contribution in [-0.4, -0.2) is 35.9 Å². The number of carbonyl (C=O) groups is 1. The number of esters is 1. The van der Waals surface area contributed by atoms with Crippen molar-refractivity contribution in [2.45, 2.75) is 58.2 Å². The summed E-state index contributed by atoms with van der Waals surface area (Å²) in [6.45, 7) is 6.72. The zero-order chi connectivity index (χ0) is 12.9. The van der Waals surface area contributed by atoms with E-state index in [9.17, 15) is 9.90 Å². The second-order valence-corrected chi connectivity index (χ2v) is 5.89. The van der Waals surface area contributed by atoms with Crippen LogP contribution < -0.4 is 5.32 Å². The first-order valence-electron chi connectivity index (χ1n) is 6.47. The van der Waals surface area contributed by atoms with Gasteiger partial charge in [-0.1, -0.05) is 0 Å². The lowest BCUT2D eigenvalue weighted by Gasteiger charge is -2.25. The molecular weight excluding hydrogens is 218 g/mol. The van der Waals surface area contributed by atoms with E-state index in [0.29, 0.717) is 5.92 Å². The Hall–Kier alpha value is -0.610. The van der Waals surface area contributed by atoms with Crippen molar-refractivity contribution in [3.63, 3.8) is 0 Å². The Bertz CT molecular complexity index is 240. The van der Waals surface area contributed by atoms with Gasteiger partial charge in [-0.25, -0.2) is 0 Å². The van der Waals surface area contributed by atoms with Crippen molar-refractivity contribution in [3.8, 4) is 0 Å². The van der Waals surface area contributed by atoms with Crippen molar-refractivity contribution in [3.05, 3.63) is 0 Å². The number of carbonyl (C=O) groups excluding carboxylic acids is 1. The van der Waals surface area contributed by atoms with Crippen LogP contribution in [0, 0.1) is 5.92 Å². The van der Waals surface area contributed by atoms with Gasteiger partial charge < -0.3 is 15.2 Å². The van der Waals surface area contributed by atoms with Crippen molar-refractivity contribution >= 4 is 5.97 Å². The number of aliphatic hydroxyl groups excluding tert-OH is 1. The molecule has 0 radical (unpaired) electrons. The molecule has 0 aromatic carbocycles. The van der Waals surface area contributed by atoms with Crippen LogP contribution in [0.3, 0.4) is 0 Å². The fourth-order valence-electron chi connectivity index (χ4n) is 2.10. The topological polar surface area (TPSA) is 58.6 Å². The Morgan fingerprint density at radius 2 is 1.88 bits per heavy atom. The van der Waals surface area contributed by atoms with Gasteiger partial charge in [0.25, 0.3) is 0 Å². The number of ether oxygens (including phenoxy) is 1. The fourth-order valence-corrected chi connectivity index (χ4v) is 2.10. The van der Waals surface area contributed by atoms with Crippen LogP contribution in [0.2, 0.25) is 0 Å². The van der Waals surface area contributed by atoms with Gasteiger partial charge in [0.1, 0.15) is 5.60 Å². The number of rotatable bonds is 4. The molecule has 0 aromatic rings. The first-order valence-corrected chi connectivity index (χ1v) is 6.47. The molecule has 0 unspecified atom stereocenters. The van der Waals surface area contributed by atoms with Crippen LogP contribution in [-0.2, 0) is 9.53 Å². The van der Waals surface area contributed by atoms with Crippen molar-refractivity contribution in [2.24, 2.45) is 5.92 Å². The molecule has 0 amide bonds. The number of hydrogen-bond acceptors (Lipinski definition) is 4. The van der Waals surface area contributed by atoms with Gasteiger partial charge in [0, 0.05) is 0 Å². The Kier molecular flexibility index (Phi) is 5.40. The first-order chi connectivity index (χ1) is 7.87. The summed E-state index contributed by atoms with van der Waals surface area (Å²) in [5.41, 5.74) is -0.409. The van der Waals surface area contributed by atoms with Gasteiger partial charge in [-0.05, 0) is 58.9 Å². The van der Waals surface area contributed by atoms with E-state index in [-0.39, 0.29) is 18.6 Å². The molecule has 0 spiro atoms. The van der Waals surface area contributed by atoms with Gasteiger partial charge in [-0.2, -0.15) is 0 Å². The van der Waals surface area contributed by atoms with E-state index in [0.717, 1.165) is 32.2 Å². The first kappa shape index (κ1) is 14.5. The summed E-state index contributed by atoms with van der Waals surface area (Å²) in [6, 6.07) is 0. The fraction of sp³-hybridized carbons (Fsp3) is 0.923. The molecule has 0 saturated heterocycles. The van der Waals surface area contributed by atoms with Crippen molar-refractivity contribution in [2.75, 3.05) is 13.1 Å². The third-order valence-electron chi connectivity index (χ3n) is 2.94. The van der Waals surface area contributed by atoms with E-state index in [1.807, 2.05) is 20.8 Å². The molecule has 0 atom stereocenters. The summed E-state index contributed by atoms with van der Waals surface area (Å²) in [7, 11) is 0. The lowest BCUT2D eigenvalue weighted by atomic mass is 9.87. The predicted octanol–water partition coefficient (Wildman–Crippen LogP) is 1.47. The molecule has 100 valence electrons. The van der Waals surface area contributed by atoms with E-state index >= 15 is 0 Å². The lowest BCUT2D eigenvalue weighted by Crippen LogP contribution is -2.35. The van der Waals surface area contributed by atoms with Crippen LogP contribution in [0.25, 0.3) is 0 Å². The minimum atomic E-state index is -0.409. The maximum absolute atomic E-state index is 11.4. The van der Waals surface area contributed by atoms with Gasteiger partial charge in [0.05, 0.1) is 12.6 Å². The standard InChI is InChI=1S/C13H25NO3/c1-13(2,3)17-12(16)9-14-8-10-4-6-11(15)7-5-10/h10-11,14-15H,4-9H2,1-3H3. The predicted molar refractivity (Wildman–Crippen MR) is 66.7 cm³/mol. The van der Waals surface area contributed by atoms with Crippen LogP contribution in [0.5, 0.6) is 0 Å². The Balaban J connectivity index is 2.09. The van der Waals surface area contributed by atoms with E-state index in [1.54, 1.807) is 0 Å². The highest BCUT2D eigenvalue weighted by Crippen LogP contribution is 2.23. The third kappa shape index (κ3) is 6.64. The SMILES string of the molecule is CC(C)(C)OC(=O)CNCC1CCC(O)CC1. The smallest absolute Gasteiger partial charge is 0.320 e. The second-order valence-electron chi connectivity index (χ2n) is 5.89. The molecule has 1 fully saturated rings. The van der Waals surface area contributed by atoms with Crippen molar-refractivity contribution < 1.29 is 14.6 Å². The average Bonchev–Trinajstić information content (AvgIpc) is 2.18. The summed E-state index contributed by atoms with van der Waals surface area (Å²) in [5, 5.41) is 12.5. The van der Waals surface area contributed by atoms with Crippen LogP contribution in [0.15, 0.2) is 0 Å². The minimum Gasteiger partial charge on any atom is -0.459 e. The molecular formula is C13H25NO3. The highest BCUT2D eigenvalue weighted by Gasteiger charge is 2.20. The molecule has 4 heteroatoms. The van der Waals surface area contributed by atoms with Gasteiger partial charge in [-0.3, -0.25) is 4.79 Å². The largest absolute Gasteiger partial charge is 0.459 e. The third-order valence-corrected chi connectivity index (χ3v) is 2.94. The molecule has 1 aliphatic rings. The van der Waals surface area contributed by atoms with Gasteiger partial charge in [0.2, 0.25) is 0 Å². The molecule has 17 heavy (non-hydrogen) atoms. The normalized spacial score (nSPS) is 25.6. The van der Waals surface area contributed by atoms with E-state index in [1.165, 1.54) is 0 Å². The Morgan fingerprint density at radius 3 is 2.41 bits per heavy atom. The van der Waals surface area contributed by atoms with E-state index in [4.69, 9.17) is 4.74 Å². The molecule has 0 aromatic heterocycles. The molecule has 2 N–H and O–H groups in total. The maximum atomic E-state index is 11.4. The summed E-state index contributed by atoms with van der Waals surface area (Å²) in [6.07, 6.45) is 3.75. The maximum Gasteiger partial charge on any atom is 0.320 e. The molecule has 0 aliphatic heterocycles. The van der Waals surface area contributed by atoms with Crippen molar-refractivity contribution in [1.82, 2.24) is 5.32 Å². The molecule has 0 bridgehead atoms. The van der Waals surface area contributed by atoms with Gasteiger partial charge in [0.15, 0.2) is 0 Å². The van der Waals surface area contributed by atoms with E-state index in [2.05, 4.69) is 5.32 Å². The quantitative estimate of drug-likeness (QED) is 0.734. The number of hydrogen-bond donors (Lipinski definition) is 2. The molecule has 1 saturated carbocycles. The lowest BCUT2D eigenvalue weighted by molar-refractivity contribution is -0.153. The summed E-state index contributed by atoms with van der Waals surface area (Å²) < 4.78 is 5.20. The summed E-state index contributed by atoms with van der Waals surface area (Å²) >= 11 is 0. The Morgan fingerprint density at radius 1 is 1.29 bits per heavy atom. The molecule has 1 aliphatic carbocycles. The Labute approximate surface area is 104 Å². The molecule has 1 rings (SSSR count). The van der Waals surface area contributed by atoms with Gasteiger partial charge >= 0.3 is 5.97 Å². The summed E-state index contributed by atoms with van der Waals surface area (Å²) in [4.78, 5) is 11.4. The zero-order valence-electron chi connectivity index (χ0n) is 11.2. The van der Waals surface area contributed by atoms with Gasteiger partial charge in [-0.15, -0.1) is 0 Å². The molecule has 0 heterocycles. The van der Waals surface area contributed by atoms with Crippen LogP contribution in [0.4, 0.5) is 0 Å². The second kappa shape index (κ2) is 6.36. The monoisotopic (exact) mass is 243 g/mol.